The van der Waals surface area contributed by atoms with E-state index in [-0.39, 0.29) is 0 Å². The van der Waals surface area contributed by atoms with Gasteiger partial charge in [-0.15, -0.1) is 0 Å². The second kappa shape index (κ2) is 6.53. The lowest BCUT2D eigenvalue weighted by molar-refractivity contribution is -0.134. The Hall–Kier alpha value is -0.610. The molecule has 18 heavy (non-hydrogen) atoms. The van der Waals surface area contributed by atoms with E-state index in [1.165, 1.54) is 19.3 Å². The maximum atomic E-state index is 12.4. The number of methoxy groups -OCH3 is 1. The van der Waals surface area contributed by atoms with Gasteiger partial charge in [-0.25, -0.2) is 0 Å². The third kappa shape index (κ3) is 3.69. The summed E-state index contributed by atoms with van der Waals surface area (Å²) in [5.74, 6) is 1.02. The van der Waals surface area contributed by atoms with Crippen LogP contribution in [0.5, 0.6) is 0 Å². The molecule has 1 amide bonds. The lowest BCUT2D eigenvalue weighted by Crippen LogP contribution is -2.44. The molecule has 2 unspecified atom stereocenters. The van der Waals surface area contributed by atoms with Gasteiger partial charge in [0, 0.05) is 32.2 Å². The van der Waals surface area contributed by atoms with E-state index in [1.54, 1.807) is 7.11 Å². The first-order valence-electron chi connectivity index (χ1n) is 7.24. The molecule has 0 radical (unpaired) electrons. The van der Waals surface area contributed by atoms with Gasteiger partial charge in [0.2, 0.25) is 5.91 Å². The van der Waals surface area contributed by atoms with Gasteiger partial charge in [0.15, 0.2) is 0 Å². The first-order chi connectivity index (χ1) is 8.72. The molecule has 2 aliphatic rings. The predicted octanol–water partition coefficient (Wildman–Crippen LogP) is 1.40. The fourth-order valence-corrected chi connectivity index (χ4v) is 2.84. The van der Waals surface area contributed by atoms with E-state index in [0.717, 1.165) is 25.4 Å². The molecule has 1 heterocycles. The quantitative estimate of drug-likeness (QED) is 0.747. The van der Waals surface area contributed by atoms with Crippen molar-refractivity contribution in [3.05, 3.63) is 0 Å². The van der Waals surface area contributed by atoms with Crippen LogP contribution < -0.4 is 5.32 Å². The molecule has 1 saturated carbocycles. The van der Waals surface area contributed by atoms with Gasteiger partial charge in [-0.05, 0) is 45.1 Å². The highest BCUT2D eigenvalue weighted by Gasteiger charge is 2.34. The SMILES string of the molecule is COCCN(C(=O)CC1CCCN1)C(C)C1CC1. The Kier molecular flexibility index (Phi) is 5.01. The molecule has 1 aliphatic carbocycles. The number of hydrogen-bond donors (Lipinski definition) is 1. The highest BCUT2D eigenvalue weighted by Crippen LogP contribution is 2.35. The van der Waals surface area contributed by atoms with E-state index in [9.17, 15) is 4.79 Å². The normalized spacial score (nSPS) is 25.1. The number of carbonyl (C=O) groups excluding carboxylic acids is 1. The Labute approximate surface area is 110 Å². The summed E-state index contributed by atoms with van der Waals surface area (Å²) in [6, 6.07) is 0.781. The smallest absolute Gasteiger partial charge is 0.224 e. The van der Waals surface area contributed by atoms with Crippen molar-refractivity contribution < 1.29 is 9.53 Å². The van der Waals surface area contributed by atoms with Crippen molar-refractivity contribution >= 4 is 5.91 Å². The first-order valence-corrected chi connectivity index (χ1v) is 7.24. The Bertz CT molecular complexity index is 273. The average Bonchev–Trinajstić information content (AvgIpc) is 3.09. The summed E-state index contributed by atoms with van der Waals surface area (Å²) in [5.41, 5.74) is 0. The molecule has 4 nitrogen and oxygen atoms in total. The first kappa shape index (κ1) is 13.8. The third-order valence-corrected chi connectivity index (χ3v) is 4.24. The minimum absolute atomic E-state index is 0.297. The van der Waals surface area contributed by atoms with Crippen LogP contribution in [0, 0.1) is 5.92 Å². The van der Waals surface area contributed by atoms with E-state index >= 15 is 0 Å². The van der Waals surface area contributed by atoms with Crippen molar-refractivity contribution in [1.29, 1.82) is 0 Å². The van der Waals surface area contributed by atoms with E-state index in [4.69, 9.17) is 4.74 Å². The van der Waals surface area contributed by atoms with Crippen molar-refractivity contribution in [3.8, 4) is 0 Å². The molecule has 2 rings (SSSR count). The minimum Gasteiger partial charge on any atom is -0.383 e. The summed E-state index contributed by atoms with van der Waals surface area (Å²) in [5, 5.41) is 3.40. The molecule has 1 N–H and O–H groups in total. The maximum absolute atomic E-state index is 12.4. The Morgan fingerprint density at radius 2 is 2.22 bits per heavy atom. The van der Waals surface area contributed by atoms with Crippen LogP contribution in [0.1, 0.15) is 39.0 Å². The van der Waals surface area contributed by atoms with Crippen LogP contribution in [0.4, 0.5) is 0 Å². The molecule has 2 atom stereocenters. The highest BCUT2D eigenvalue weighted by molar-refractivity contribution is 5.77. The van der Waals surface area contributed by atoms with E-state index in [0.29, 0.717) is 31.0 Å². The van der Waals surface area contributed by atoms with Crippen LogP contribution in [-0.4, -0.2) is 49.7 Å². The molecule has 0 aromatic carbocycles. The molecular formula is C14H26N2O2. The van der Waals surface area contributed by atoms with Crippen LogP contribution in [0.2, 0.25) is 0 Å². The third-order valence-electron chi connectivity index (χ3n) is 4.24. The van der Waals surface area contributed by atoms with Gasteiger partial charge >= 0.3 is 0 Å². The summed E-state index contributed by atoms with van der Waals surface area (Å²) < 4.78 is 5.13. The van der Waals surface area contributed by atoms with Crippen LogP contribution in [-0.2, 0) is 9.53 Å². The van der Waals surface area contributed by atoms with Crippen LogP contribution >= 0.6 is 0 Å². The second-order valence-electron chi connectivity index (χ2n) is 5.66. The fourth-order valence-electron chi connectivity index (χ4n) is 2.84. The highest BCUT2D eigenvalue weighted by atomic mass is 16.5. The zero-order chi connectivity index (χ0) is 13.0. The molecule has 0 spiro atoms. The van der Waals surface area contributed by atoms with Crippen LogP contribution in [0.3, 0.4) is 0 Å². The zero-order valence-electron chi connectivity index (χ0n) is 11.7. The summed E-state index contributed by atoms with van der Waals surface area (Å²) in [4.78, 5) is 14.5. The molecule has 1 saturated heterocycles. The Morgan fingerprint density at radius 3 is 2.78 bits per heavy atom. The van der Waals surface area contributed by atoms with Crippen molar-refractivity contribution in [2.24, 2.45) is 5.92 Å². The summed E-state index contributed by atoms with van der Waals surface area (Å²) >= 11 is 0. The predicted molar refractivity (Wildman–Crippen MR) is 71.4 cm³/mol. The average molecular weight is 254 g/mol. The van der Waals surface area contributed by atoms with Gasteiger partial charge in [-0.1, -0.05) is 0 Å². The van der Waals surface area contributed by atoms with Crippen LogP contribution in [0.15, 0.2) is 0 Å². The summed E-state index contributed by atoms with van der Waals surface area (Å²) in [6.45, 7) is 4.63. The number of hydrogen-bond acceptors (Lipinski definition) is 3. The molecule has 0 aromatic heterocycles. The van der Waals surface area contributed by atoms with Gasteiger partial charge in [-0.2, -0.15) is 0 Å². The number of nitrogens with one attached hydrogen (secondary N) is 1. The van der Waals surface area contributed by atoms with Gasteiger partial charge in [0.05, 0.1) is 6.61 Å². The topological polar surface area (TPSA) is 41.6 Å². The number of nitrogens with zero attached hydrogens (tertiary/aromatic N) is 1. The number of rotatable bonds is 7. The monoisotopic (exact) mass is 254 g/mol. The zero-order valence-corrected chi connectivity index (χ0v) is 11.7. The molecular weight excluding hydrogens is 228 g/mol. The number of carbonyl (C=O) groups is 1. The minimum atomic E-state index is 0.297. The molecule has 0 bridgehead atoms. The van der Waals surface area contributed by atoms with Gasteiger partial charge in [0.25, 0.3) is 0 Å². The van der Waals surface area contributed by atoms with Crippen molar-refractivity contribution in [2.75, 3.05) is 26.8 Å². The molecule has 0 aromatic rings. The standard InChI is InChI=1S/C14H26N2O2/c1-11(12-5-6-12)16(8-9-18-2)14(17)10-13-4-3-7-15-13/h11-13,15H,3-10H2,1-2H3. The summed E-state index contributed by atoms with van der Waals surface area (Å²) in [6.07, 6.45) is 5.55. The van der Waals surface area contributed by atoms with E-state index < -0.39 is 0 Å². The number of ether oxygens (including phenoxy) is 1. The van der Waals surface area contributed by atoms with Gasteiger partial charge in [0.1, 0.15) is 0 Å². The largest absolute Gasteiger partial charge is 0.383 e. The molecule has 1 aliphatic heterocycles. The molecule has 104 valence electrons. The fraction of sp³-hybridized carbons (Fsp3) is 0.929. The molecule has 4 heteroatoms. The van der Waals surface area contributed by atoms with Crippen molar-refractivity contribution in [3.63, 3.8) is 0 Å². The van der Waals surface area contributed by atoms with Crippen LogP contribution in [0.25, 0.3) is 0 Å². The van der Waals surface area contributed by atoms with E-state index in [2.05, 4.69) is 12.2 Å². The lowest BCUT2D eigenvalue weighted by Gasteiger charge is -2.30. The van der Waals surface area contributed by atoms with E-state index in [1.807, 2.05) is 4.90 Å². The van der Waals surface area contributed by atoms with Crippen molar-refractivity contribution in [1.82, 2.24) is 10.2 Å². The lowest BCUT2D eigenvalue weighted by atomic mass is 10.1. The Balaban J connectivity index is 1.86. The Morgan fingerprint density at radius 1 is 1.44 bits per heavy atom. The molecule has 2 fully saturated rings. The van der Waals surface area contributed by atoms with Gasteiger partial charge < -0.3 is 15.0 Å². The van der Waals surface area contributed by atoms with Crippen molar-refractivity contribution in [2.45, 2.75) is 51.1 Å². The maximum Gasteiger partial charge on any atom is 0.224 e. The number of amides is 1. The second-order valence-corrected chi connectivity index (χ2v) is 5.66. The summed E-state index contributed by atoms with van der Waals surface area (Å²) in [7, 11) is 1.70. The van der Waals surface area contributed by atoms with Gasteiger partial charge in [-0.3, -0.25) is 4.79 Å².